The Morgan fingerprint density at radius 2 is 2.14 bits per heavy atom. The van der Waals surface area contributed by atoms with Crippen molar-refractivity contribution in [2.75, 3.05) is 6.54 Å². The van der Waals surface area contributed by atoms with Crippen LogP contribution < -0.4 is 0 Å². The van der Waals surface area contributed by atoms with Crippen LogP contribution in [-0.4, -0.2) is 34.6 Å². The Bertz CT molecular complexity index is 190. The lowest BCUT2D eigenvalue weighted by Crippen LogP contribution is -2.40. The predicted octanol–water partition coefficient (Wildman–Crippen LogP) is 2.11. The number of nitrogens with zero attached hydrogens (tertiary/aromatic N) is 1. The van der Waals surface area contributed by atoms with Gasteiger partial charge in [-0.1, -0.05) is 20.3 Å². The van der Waals surface area contributed by atoms with Gasteiger partial charge in [-0.25, -0.2) is 0 Å². The second-order valence-electron chi connectivity index (χ2n) is 4.15. The summed E-state index contributed by atoms with van der Waals surface area (Å²) < 4.78 is 0. The van der Waals surface area contributed by atoms with Gasteiger partial charge in [0.2, 0.25) is 0 Å². The molecule has 0 amide bonds. The molecule has 1 rings (SSSR count). The van der Waals surface area contributed by atoms with E-state index < -0.39 is 5.97 Å². The second kappa shape index (κ2) is 5.35. The minimum absolute atomic E-state index is 0.225. The van der Waals surface area contributed by atoms with Crippen molar-refractivity contribution in [2.24, 2.45) is 0 Å². The van der Waals surface area contributed by atoms with E-state index in [1.165, 1.54) is 12.8 Å². The van der Waals surface area contributed by atoms with E-state index in [1.54, 1.807) is 0 Å². The predicted molar refractivity (Wildman–Crippen MR) is 56.4 cm³/mol. The van der Waals surface area contributed by atoms with Gasteiger partial charge in [0.05, 0.1) is 6.54 Å². The summed E-state index contributed by atoms with van der Waals surface area (Å²) in [6, 6.07) is 1.03. The summed E-state index contributed by atoms with van der Waals surface area (Å²) in [5.74, 6) is -0.688. The van der Waals surface area contributed by atoms with Crippen LogP contribution in [0, 0.1) is 0 Å². The molecule has 0 aromatic rings. The minimum atomic E-state index is -0.688. The van der Waals surface area contributed by atoms with Gasteiger partial charge in [-0.2, -0.15) is 0 Å². The Balaban J connectivity index is 2.49. The summed E-state index contributed by atoms with van der Waals surface area (Å²) >= 11 is 0. The smallest absolute Gasteiger partial charge is 0.317 e. The Labute approximate surface area is 86.1 Å². The fourth-order valence-corrected chi connectivity index (χ4v) is 2.06. The first-order chi connectivity index (χ1) is 6.69. The van der Waals surface area contributed by atoms with Gasteiger partial charge in [-0.15, -0.1) is 0 Å². The second-order valence-corrected chi connectivity index (χ2v) is 4.15. The van der Waals surface area contributed by atoms with E-state index in [0.29, 0.717) is 12.1 Å². The summed E-state index contributed by atoms with van der Waals surface area (Å²) in [6.07, 6.45) is 5.71. The van der Waals surface area contributed by atoms with E-state index >= 15 is 0 Å². The first-order valence-corrected chi connectivity index (χ1v) is 5.66. The standard InChI is InChI=1S/C11H21NO2/c1-3-5-9(4-2)12(8-11(13)14)10-6-7-10/h9-10H,3-8H2,1-2H3,(H,13,14). The summed E-state index contributed by atoms with van der Waals surface area (Å²) in [6.45, 7) is 4.54. The molecule has 1 N–H and O–H groups in total. The largest absolute Gasteiger partial charge is 0.480 e. The van der Waals surface area contributed by atoms with Crippen molar-refractivity contribution < 1.29 is 9.90 Å². The third-order valence-corrected chi connectivity index (χ3v) is 2.90. The number of carboxylic acid groups (broad SMARTS) is 1. The number of carbonyl (C=O) groups is 1. The van der Waals surface area contributed by atoms with E-state index in [-0.39, 0.29) is 6.54 Å². The summed E-state index contributed by atoms with van der Waals surface area (Å²) in [4.78, 5) is 12.9. The molecule has 14 heavy (non-hydrogen) atoms. The average molecular weight is 199 g/mol. The maximum absolute atomic E-state index is 10.7. The maximum Gasteiger partial charge on any atom is 0.317 e. The topological polar surface area (TPSA) is 40.5 Å². The van der Waals surface area contributed by atoms with E-state index in [2.05, 4.69) is 18.7 Å². The fraction of sp³-hybridized carbons (Fsp3) is 0.909. The molecule has 0 aromatic carbocycles. The van der Waals surface area contributed by atoms with Crippen molar-refractivity contribution in [3.8, 4) is 0 Å². The zero-order valence-electron chi connectivity index (χ0n) is 9.20. The van der Waals surface area contributed by atoms with Gasteiger partial charge in [0.1, 0.15) is 0 Å². The van der Waals surface area contributed by atoms with Crippen molar-refractivity contribution in [2.45, 2.75) is 58.0 Å². The highest BCUT2D eigenvalue weighted by Crippen LogP contribution is 2.30. The third-order valence-electron chi connectivity index (χ3n) is 2.90. The van der Waals surface area contributed by atoms with Crippen LogP contribution in [-0.2, 0) is 4.79 Å². The minimum Gasteiger partial charge on any atom is -0.480 e. The van der Waals surface area contributed by atoms with Crippen LogP contribution in [0.2, 0.25) is 0 Å². The monoisotopic (exact) mass is 199 g/mol. The molecule has 0 bridgehead atoms. The lowest BCUT2D eigenvalue weighted by Gasteiger charge is -2.29. The highest BCUT2D eigenvalue weighted by Gasteiger charge is 2.33. The molecule has 1 fully saturated rings. The first-order valence-electron chi connectivity index (χ1n) is 5.66. The van der Waals surface area contributed by atoms with Gasteiger partial charge in [-0.3, -0.25) is 9.69 Å². The molecule has 1 saturated carbocycles. The van der Waals surface area contributed by atoms with Crippen molar-refractivity contribution in [1.29, 1.82) is 0 Å². The lowest BCUT2D eigenvalue weighted by molar-refractivity contribution is -0.139. The van der Waals surface area contributed by atoms with Crippen LogP contribution >= 0.6 is 0 Å². The number of rotatable bonds is 7. The van der Waals surface area contributed by atoms with Crippen LogP contribution in [0.3, 0.4) is 0 Å². The quantitative estimate of drug-likeness (QED) is 0.682. The molecule has 82 valence electrons. The van der Waals surface area contributed by atoms with Crippen LogP contribution in [0.1, 0.15) is 46.0 Å². The van der Waals surface area contributed by atoms with Crippen molar-refractivity contribution in [3.05, 3.63) is 0 Å². The molecule has 0 heterocycles. The van der Waals surface area contributed by atoms with Crippen molar-refractivity contribution >= 4 is 5.97 Å². The zero-order valence-corrected chi connectivity index (χ0v) is 9.20. The average Bonchev–Trinajstić information content (AvgIpc) is 2.93. The highest BCUT2D eigenvalue weighted by atomic mass is 16.4. The summed E-state index contributed by atoms with van der Waals surface area (Å²) in [5.41, 5.74) is 0. The summed E-state index contributed by atoms with van der Waals surface area (Å²) in [5, 5.41) is 8.83. The molecule has 1 unspecified atom stereocenters. The van der Waals surface area contributed by atoms with Gasteiger partial charge < -0.3 is 5.11 Å². The molecule has 1 atom stereocenters. The van der Waals surface area contributed by atoms with Crippen LogP contribution in [0.4, 0.5) is 0 Å². The Morgan fingerprint density at radius 3 is 2.50 bits per heavy atom. The van der Waals surface area contributed by atoms with E-state index in [0.717, 1.165) is 19.3 Å². The van der Waals surface area contributed by atoms with E-state index in [1.807, 2.05) is 0 Å². The zero-order chi connectivity index (χ0) is 10.6. The Hall–Kier alpha value is -0.570. The van der Waals surface area contributed by atoms with Crippen molar-refractivity contribution in [1.82, 2.24) is 4.90 Å². The van der Waals surface area contributed by atoms with Gasteiger partial charge in [0, 0.05) is 12.1 Å². The van der Waals surface area contributed by atoms with Gasteiger partial charge in [-0.05, 0) is 25.7 Å². The van der Waals surface area contributed by atoms with Crippen LogP contribution in [0.5, 0.6) is 0 Å². The molecule has 3 nitrogen and oxygen atoms in total. The van der Waals surface area contributed by atoms with Crippen LogP contribution in [0.15, 0.2) is 0 Å². The van der Waals surface area contributed by atoms with E-state index in [9.17, 15) is 4.79 Å². The molecular weight excluding hydrogens is 178 g/mol. The number of hydrogen-bond donors (Lipinski definition) is 1. The number of hydrogen-bond acceptors (Lipinski definition) is 2. The molecule has 0 spiro atoms. The normalized spacial score (nSPS) is 18.5. The molecule has 1 aliphatic rings. The molecule has 0 saturated heterocycles. The molecule has 0 aliphatic heterocycles. The number of aliphatic carboxylic acids is 1. The molecule has 1 aliphatic carbocycles. The SMILES string of the molecule is CCCC(CC)N(CC(=O)O)C1CC1. The third kappa shape index (κ3) is 3.29. The molecule has 0 aromatic heterocycles. The lowest BCUT2D eigenvalue weighted by atomic mass is 10.1. The van der Waals surface area contributed by atoms with Gasteiger partial charge in [0.15, 0.2) is 0 Å². The fourth-order valence-electron chi connectivity index (χ4n) is 2.06. The van der Waals surface area contributed by atoms with E-state index in [4.69, 9.17) is 5.11 Å². The number of carboxylic acids is 1. The summed E-state index contributed by atoms with van der Waals surface area (Å²) in [7, 11) is 0. The van der Waals surface area contributed by atoms with Crippen molar-refractivity contribution in [3.63, 3.8) is 0 Å². The maximum atomic E-state index is 10.7. The molecule has 3 heteroatoms. The molecular formula is C11H21NO2. The van der Waals surface area contributed by atoms with Crippen LogP contribution in [0.25, 0.3) is 0 Å². The van der Waals surface area contributed by atoms with Gasteiger partial charge >= 0.3 is 5.97 Å². The van der Waals surface area contributed by atoms with Gasteiger partial charge in [0.25, 0.3) is 0 Å². The molecule has 0 radical (unpaired) electrons. The Kier molecular flexibility index (Phi) is 4.39. The Morgan fingerprint density at radius 1 is 1.50 bits per heavy atom. The first kappa shape index (κ1) is 11.5. The highest BCUT2D eigenvalue weighted by molar-refractivity contribution is 5.69.